The number of morpholine rings is 1. The third-order valence-corrected chi connectivity index (χ3v) is 7.61. The molecule has 1 aromatic heterocycles. The summed E-state index contributed by atoms with van der Waals surface area (Å²) < 4.78 is 17.8. The fourth-order valence-electron chi connectivity index (χ4n) is 5.08. The van der Waals surface area contributed by atoms with Crippen LogP contribution in [0.1, 0.15) is 36.9 Å². The van der Waals surface area contributed by atoms with Crippen molar-refractivity contribution in [3.8, 4) is 5.75 Å². The quantitative estimate of drug-likeness (QED) is 0.454. The topological polar surface area (TPSA) is 85.1 Å². The first-order valence-electron chi connectivity index (χ1n) is 12.8. The summed E-state index contributed by atoms with van der Waals surface area (Å²) in [6.45, 7) is 4.59. The fourth-order valence-corrected chi connectivity index (χ4v) is 5.19. The van der Waals surface area contributed by atoms with E-state index < -0.39 is 5.60 Å². The molecule has 0 spiro atoms. The first kappa shape index (κ1) is 25.5. The van der Waals surface area contributed by atoms with Gasteiger partial charge in [0.1, 0.15) is 23.7 Å². The molecule has 2 aliphatic heterocycles. The van der Waals surface area contributed by atoms with Crippen molar-refractivity contribution in [2.24, 2.45) is 0 Å². The second-order valence-electron chi connectivity index (χ2n) is 9.97. The molecule has 3 aromatic rings. The second-order valence-corrected chi connectivity index (χ2v) is 10.4. The van der Waals surface area contributed by atoms with Crippen LogP contribution in [0.2, 0.25) is 5.02 Å². The smallest absolute Gasteiger partial charge is 0.228 e. The first-order valence-corrected chi connectivity index (χ1v) is 13.2. The van der Waals surface area contributed by atoms with E-state index in [4.69, 9.17) is 25.6 Å². The minimum absolute atomic E-state index is 0.0346. The summed E-state index contributed by atoms with van der Waals surface area (Å²) in [6.07, 6.45) is 3.43. The van der Waals surface area contributed by atoms with Gasteiger partial charge >= 0.3 is 0 Å². The molecule has 8 nitrogen and oxygen atoms in total. The van der Waals surface area contributed by atoms with E-state index in [0.29, 0.717) is 35.2 Å². The molecule has 0 unspecified atom stereocenters. The Hall–Kier alpha value is -3.10. The van der Waals surface area contributed by atoms with E-state index in [-0.39, 0.29) is 37.8 Å². The molecule has 2 saturated heterocycles. The van der Waals surface area contributed by atoms with Crippen LogP contribution in [-0.4, -0.2) is 71.8 Å². The number of nitrogens with zero attached hydrogens (tertiary/aromatic N) is 3. The number of piperidine rings is 1. The van der Waals surface area contributed by atoms with Crippen LogP contribution in [0, 0.1) is 6.92 Å². The average Bonchev–Trinajstić information content (AvgIpc) is 3.32. The lowest BCUT2D eigenvalue weighted by molar-refractivity contribution is -0.166. The minimum Gasteiger partial charge on any atom is -0.490 e. The number of rotatable bonds is 7. The van der Waals surface area contributed by atoms with Gasteiger partial charge in [-0.3, -0.25) is 9.59 Å². The maximum atomic E-state index is 13.4. The molecule has 2 amide bonds. The lowest BCUT2D eigenvalue weighted by Crippen LogP contribution is -2.58. The number of carbonyl (C=O) groups excluding carboxylic acids is 2. The van der Waals surface area contributed by atoms with E-state index in [1.54, 1.807) is 17.0 Å². The van der Waals surface area contributed by atoms with Gasteiger partial charge in [0.15, 0.2) is 5.58 Å². The van der Waals surface area contributed by atoms with Crippen molar-refractivity contribution >= 4 is 34.4 Å². The number of aryl methyl sites for hydroxylation is 1. The Labute approximate surface area is 221 Å². The number of benzene rings is 2. The third kappa shape index (κ3) is 5.91. The van der Waals surface area contributed by atoms with E-state index in [0.717, 1.165) is 43.3 Å². The fraction of sp³-hybridized carbons (Fsp3) is 0.464. The molecule has 2 aromatic carbocycles. The number of hydrogen-bond acceptors (Lipinski definition) is 6. The largest absolute Gasteiger partial charge is 0.490 e. The number of fused-ring (bicyclic) bond motifs is 1. The van der Waals surface area contributed by atoms with E-state index in [2.05, 4.69) is 5.16 Å². The Morgan fingerprint density at radius 2 is 1.86 bits per heavy atom. The molecule has 2 aliphatic rings. The number of carbonyl (C=O) groups is 2. The summed E-state index contributed by atoms with van der Waals surface area (Å²) in [4.78, 5) is 30.3. The predicted molar refractivity (Wildman–Crippen MR) is 140 cm³/mol. The van der Waals surface area contributed by atoms with E-state index in [1.807, 2.05) is 42.2 Å². The van der Waals surface area contributed by atoms with Gasteiger partial charge in [-0.05, 0) is 62.1 Å². The Morgan fingerprint density at radius 3 is 2.68 bits per heavy atom. The van der Waals surface area contributed by atoms with Crippen LogP contribution >= 0.6 is 11.6 Å². The highest BCUT2D eigenvalue weighted by Gasteiger charge is 2.42. The van der Waals surface area contributed by atoms with E-state index in [9.17, 15) is 9.59 Å². The highest BCUT2D eigenvalue weighted by molar-refractivity contribution is 6.31. The van der Waals surface area contributed by atoms with Crippen LogP contribution in [0.3, 0.4) is 0 Å². The minimum atomic E-state index is -0.956. The van der Waals surface area contributed by atoms with Gasteiger partial charge in [0.2, 0.25) is 11.8 Å². The van der Waals surface area contributed by atoms with E-state index >= 15 is 0 Å². The van der Waals surface area contributed by atoms with Crippen molar-refractivity contribution in [3.63, 3.8) is 0 Å². The molecule has 0 N–H and O–H groups in total. The van der Waals surface area contributed by atoms with Gasteiger partial charge < -0.3 is 23.8 Å². The Kier molecular flexibility index (Phi) is 7.67. The summed E-state index contributed by atoms with van der Waals surface area (Å²) in [6, 6.07) is 13.0. The molecule has 0 aliphatic carbocycles. The maximum absolute atomic E-state index is 13.4. The number of para-hydroxylation sites is 1. The van der Waals surface area contributed by atoms with Gasteiger partial charge in [-0.2, -0.15) is 0 Å². The van der Waals surface area contributed by atoms with Crippen LogP contribution in [0.25, 0.3) is 11.0 Å². The molecular formula is C28H32ClN3O5. The summed E-state index contributed by atoms with van der Waals surface area (Å²) >= 11 is 6.17. The molecule has 3 heterocycles. The van der Waals surface area contributed by atoms with Crippen LogP contribution in [-0.2, 0) is 20.7 Å². The van der Waals surface area contributed by atoms with Crippen molar-refractivity contribution in [2.75, 3.05) is 39.4 Å². The van der Waals surface area contributed by atoms with Crippen LogP contribution in [0.15, 0.2) is 47.0 Å². The van der Waals surface area contributed by atoms with Gasteiger partial charge in [-0.25, -0.2) is 0 Å². The zero-order valence-electron chi connectivity index (χ0n) is 21.1. The zero-order valence-corrected chi connectivity index (χ0v) is 21.8. The van der Waals surface area contributed by atoms with Gasteiger partial charge in [0.05, 0.1) is 26.0 Å². The number of likely N-dealkylation sites (tertiary alicyclic amines) is 1. The molecule has 9 heteroatoms. The van der Waals surface area contributed by atoms with Crippen LogP contribution < -0.4 is 4.74 Å². The van der Waals surface area contributed by atoms with Gasteiger partial charge in [-0.1, -0.05) is 28.9 Å². The molecule has 1 atom stereocenters. The number of hydrogen-bond donors (Lipinski definition) is 0. The first-order chi connectivity index (χ1) is 17.9. The van der Waals surface area contributed by atoms with Crippen molar-refractivity contribution in [2.45, 2.75) is 44.6 Å². The third-order valence-electron chi connectivity index (χ3n) is 7.19. The highest BCUT2D eigenvalue weighted by Crippen LogP contribution is 2.28. The molecule has 196 valence electrons. The van der Waals surface area contributed by atoms with Crippen molar-refractivity contribution in [3.05, 3.63) is 58.7 Å². The van der Waals surface area contributed by atoms with Crippen LogP contribution in [0.4, 0.5) is 0 Å². The Balaban J connectivity index is 1.33. The average molecular weight is 526 g/mol. The van der Waals surface area contributed by atoms with Crippen LogP contribution in [0.5, 0.6) is 5.75 Å². The molecule has 5 rings (SSSR count). The SMILES string of the molecule is Cc1cc(OC[C@@]2(CC(=O)N3CCCCC3)CN(C(=O)Cc3noc4ccccc34)CCO2)ccc1Cl. The second kappa shape index (κ2) is 11.1. The monoisotopic (exact) mass is 525 g/mol. The number of ether oxygens (including phenoxy) is 2. The zero-order chi connectivity index (χ0) is 25.8. The molecule has 0 radical (unpaired) electrons. The lowest BCUT2D eigenvalue weighted by atomic mass is 9.95. The Morgan fingerprint density at radius 1 is 1.05 bits per heavy atom. The summed E-state index contributed by atoms with van der Waals surface area (Å²) in [5.41, 5.74) is 1.20. The maximum Gasteiger partial charge on any atom is 0.228 e. The summed E-state index contributed by atoms with van der Waals surface area (Å²) in [5, 5.41) is 5.61. The molecule has 2 fully saturated rings. The normalized spacial score (nSPS) is 20.3. The number of halogens is 1. The lowest BCUT2D eigenvalue weighted by Gasteiger charge is -2.43. The van der Waals surface area contributed by atoms with E-state index in [1.165, 1.54) is 0 Å². The number of amides is 2. The predicted octanol–water partition coefficient (Wildman–Crippen LogP) is 4.41. The Bertz CT molecular complexity index is 1270. The van der Waals surface area contributed by atoms with Crippen molar-refractivity contribution in [1.29, 1.82) is 0 Å². The summed E-state index contributed by atoms with van der Waals surface area (Å²) in [7, 11) is 0. The molecular weight excluding hydrogens is 494 g/mol. The van der Waals surface area contributed by atoms with Crippen molar-refractivity contribution < 1.29 is 23.6 Å². The molecule has 0 saturated carbocycles. The molecule has 37 heavy (non-hydrogen) atoms. The molecule has 0 bridgehead atoms. The van der Waals surface area contributed by atoms with Gasteiger partial charge in [-0.15, -0.1) is 0 Å². The number of aromatic nitrogens is 1. The summed E-state index contributed by atoms with van der Waals surface area (Å²) in [5.74, 6) is 0.597. The van der Waals surface area contributed by atoms with Gasteiger partial charge in [0, 0.05) is 30.0 Å². The van der Waals surface area contributed by atoms with Crippen molar-refractivity contribution in [1.82, 2.24) is 15.0 Å². The van der Waals surface area contributed by atoms with Gasteiger partial charge in [0.25, 0.3) is 0 Å². The standard InChI is InChI=1S/C28H32ClN3O5/c1-20-15-21(9-10-23(20)29)35-19-28(17-27(34)31-11-5-2-6-12-31)18-32(13-14-36-28)26(33)16-24-22-7-3-4-8-25(22)37-30-24/h3-4,7-10,15H,2,5-6,11-14,16-19H2,1H3/t28-/m1/s1. The highest BCUT2D eigenvalue weighted by atomic mass is 35.5.